The molecule has 116 valence electrons. The maximum Gasteiger partial charge on any atom is 0.340 e. The van der Waals surface area contributed by atoms with Gasteiger partial charge in [-0.25, -0.2) is 4.79 Å². The normalized spacial score (nSPS) is 14.9. The standard InChI is InChI=1S/C15H18N4O3/c1-2-22-15(20)13-9-12(19-10-16-17-11-19)3-4-14(13)18-5-7-21-8-6-18/h3-4,9-11H,2,5-8H2,1H3. The molecule has 3 rings (SSSR count). The summed E-state index contributed by atoms with van der Waals surface area (Å²) in [5, 5.41) is 7.58. The van der Waals surface area contributed by atoms with Crippen molar-refractivity contribution in [2.75, 3.05) is 37.8 Å². The first kappa shape index (κ1) is 14.5. The van der Waals surface area contributed by atoms with E-state index in [1.807, 2.05) is 18.2 Å². The lowest BCUT2D eigenvalue weighted by molar-refractivity contribution is 0.0526. The molecule has 1 aromatic heterocycles. The number of anilines is 1. The Morgan fingerprint density at radius 2 is 2.00 bits per heavy atom. The Morgan fingerprint density at radius 1 is 1.27 bits per heavy atom. The van der Waals surface area contributed by atoms with Gasteiger partial charge in [0, 0.05) is 18.8 Å². The zero-order valence-electron chi connectivity index (χ0n) is 12.4. The van der Waals surface area contributed by atoms with Crippen LogP contribution in [0.1, 0.15) is 17.3 Å². The monoisotopic (exact) mass is 302 g/mol. The van der Waals surface area contributed by atoms with Crippen molar-refractivity contribution in [3.63, 3.8) is 0 Å². The summed E-state index contributed by atoms with van der Waals surface area (Å²) in [7, 11) is 0. The van der Waals surface area contributed by atoms with Crippen LogP contribution in [0.4, 0.5) is 5.69 Å². The molecule has 1 fully saturated rings. The number of ether oxygens (including phenoxy) is 2. The Kier molecular flexibility index (Phi) is 4.34. The first-order valence-electron chi connectivity index (χ1n) is 7.28. The number of benzene rings is 1. The summed E-state index contributed by atoms with van der Waals surface area (Å²) in [6, 6.07) is 5.69. The lowest BCUT2D eigenvalue weighted by Crippen LogP contribution is -2.37. The van der Waals surface area contributed by atoms with Crippen LogP contribution in [-0.2, 0) is 9.47 Å². The molecule has 0 unspecified atom stereocenters. The zero-order valence-corrected chi connectivity index (χ0v) is 12.4. The SMILES string of the molecule is CCOC(=O)c1cc(-n2cnnc2)ccc1N1CCOCC1. The van der Waals surface area contributed by atoms with Crippen LogP contribution in [-0.4, -0.2) is 53.6 Å². The van der Waals surface area contributed by atoms with Crippen LogP contribution in [0.3, 0.4) is 0 Å². The van der Waals surface area contributed by atoms with E-state index in [1.165, 1.54) is 0 Å². The van der Waals surface area contributed by atoms with E-state index in [9.17, 15) is 4.79 Å². The highest BCUT2D eigenvalue weighted by Crippen LogP contribution is 2.25. The molecule has 1 aliphatic rings. The van der Waals surface area contributed by atoms with Crippen molar-refractivity contribution in [2.45, 2.75) is 6.92 Å². The van der Waals surface area contributed by atoms with Crippen molar-refractivity contribution in [1.29, 1.82) is 0 Å². The molecular formula is C15H18N4O3. The molecule has 1 saturated heterocycles. The van der Waals surface area contributed by atoms with Crippen molar-refractivity contribution in [1.82, 2.24) is 14.8 Å². The minimum atomic E-state index is -0.320. The first-order chi connectivity index (χ1) is 10.8. The summed E-state index contributed by atoms with van der Waals surface area (Å²) in [4.78, 5) is 14.5. The van der Waals surface area contributed by atoms with Crippen LogP contribution in [0.15, 0.2) is 30.9 Å². The van der Waals surface area contributed by atoms with E-state index in [0.717, 1.165) is 24.5 Å². The van der Waals surface area contributed by atoms with Crippen molar-refractivity contribution in [3.05, 3.63) is 36.4 Å². The second kappa shape index (κ2) is 6.57. The summed E-state index contributed by atoms with van der Waals surface area (Å²) >= 11 is 0. The van der Waals surface area contributed by atoms with E-state index in [4.69, 9.17) is 9.47 Å². The van der Waals surface area contributed by atoms with E-state index in [2.05, 4.69) is 15.1 Å². The molecule has 7 nitrogen and oxygen atoms in total. The van der Waals surface area contributed by atoms with Gasteiger partial charge in [0.15, 0.2) is 0 Å². The van der Waals surface area contributed by atoms with E-state index >= 15 is 0 Å². The van der Waals surface area contributed by atoms with Gasteiger partial charge in [-0.2, -0.15) is 0 Å². The molecule has 1 aliphatic heterocycles. The molecule has 0 spiro atoms. The fourth-order valence-electron chi connectivity index (χ4n) is 2.47. The molecule has 0 saturated carbocycles. The maximum atomic E-state index is 12.3. The second-order valence-electron chi connectivity index (χ2n) is 4.89. The highest BCUT2D eigenvalue weighted by Gasteiger charge is 2.20. The van der Waals surface area contributed by atoms with Gasteiger partial charge in [-0.3, -0.25) is 4.57 Å². The van der Waals surface area contributed by atoms with Crippen molar-refractivity contribution in [2.24, 2.45) is 0 Å². The number of hydrogen-bond donors (Lipinski definition) is 0. The molecule has 0 bridgehead atoms. The molecule has 1 aromatic carbocycles. The molecule has 0 radical (unpaired) electrons. The van der Waals surface area contributed by atoms with Crippen molar-refractivity contribution < 1.29 is 14.3 Å². The third kappa shape index (κ3) is 2.94. The van der Waals surface area contributed by atoms with Crippen LogP contribution in [0.5, 0.6) is 0 Å². The summed E-state index contributed by atoms with van der Waals surface area (Å²) in [6.45, 7) is 5.00. The van der Waals surface area contributed by atoms with Gasteiger partial charge in [-0.1, -0.05) is 0 Å². The van der Waals surface area contributed by atoms with E-state index < -0.39 is 0 Å². The van der Waals surface area contributed by atoms with Crippen LogP contribution in [0.2, 0.25) is 0 Å². The quantitative estimate of drug-likeness (QED) is 0.793. The number of aromatic nitrogens is 3. The van der Waals surface area contributed by atoms with Crippen LogP contribution in [0.25, 0.3) is 5.69 Å². The molecule has 22 heavy (non-hydrogen) atoms. The van der Waals surface area contributed by atoms with E-state index in [1.54, 1.807) is 24.1 Å². The number of morpholine rings is 1. The largest absolute Gasteiger partial charge is 0.462 e. The molecule has 0 amide bonds. The Morgan fingerprint density at radius 3 is 2.68 bits per heavy atom. The topological polar surface area (TPSA) is 69.5 Å². The summed E-state index contributed by atoms with van der Waals surface area (Å²) in [6.07, 6.45) is 3.19. The molecule has 2 heterocycles. The van der Waals surface area contributed by atoms with Gasteiger partial charge < -0.3 is 14.4 Å². The molecule has 0 atom stereocenters. The zero-order chi connectivity index (χ0) is 15.4. The number of carbonyl (C=O) groups excluding carboxylic acids is 1. The predicted octanol–water partition coefficient (Wildman–Crippen LogP) is 1.28. The van der Waals surface area contributed by atoms with Crippen LogP contribution in [0, 0.1) is 0 Å². The number of carbonyl (C=O) groups is 1. The van der Waals surface area contributed by atoms with E-state index in [0.29, 0.717) is 25.4 Å². The minimum absolute atomic E-state index is 0.320. The molecule has 0 N–H and O–H groups in total. The van der Waals surface area contributed by atoms with Crippen LogP contribution >= 0.6 is 0 Å². The number of rotatable bonds is 4. The van der Waals surface area contributed by atoms with Gasteiger partial charge in [0.25, 0.3) is 0 Å². The lowest BCUT2D eigenvalue weighted by atomic mass is 10.1. The molecule has 7 heteroatoms. The summed E-state index contributed by atoms with van der Waals surface area (Å²) in [5.74, 6) is -0.320. The van der Waals surface area contributed by atoms with Crippen molar-refractivity contribution in [3.8, 4) is 5.69 Å². The van der Waals surface area contributed by atoms with Crippen LogP contribution < -0.4 is 4.90 Å². The Hall–Kier alpha value is -2.41. The van der Waals surface area contributed by atoms with Crippen molar-refractivity contribution >= 4 is 11.7 Å². The van der Waals surface area contributed by atoms with Gasteiger partial charge in [0.2, 0.25) is 0 Å². The molecule has 2 aromatic rings. The highest BCUT2D eigenvalue weighted by molar-refractivity contribution is 5.96. The fraction of sp³-hybridized carbons (Fsp3) is 0.400. The Bertz CT molecular complexity index is 636. The molecular weight excluding hydrogens is 284 g/mol. The van der Waals surface area contributed by atoms with Gasteiger partial charge in [-0.05, 0) is 25.1 Å². The van der Waals surface area contributed by atoms with Gasteiger partial charge >= 0.3 is 5.97 Å². The Labute approximate surface area is 128 Å². The third-order valence-electron chi connectivity index (χ3n) is 3.54. The maximum absolute atomic E-state index is 12.3. The summed E-state index contributed by atoms with van der Waals surface area (Å²) < 4.78 is 12.3. The summed E-state index contributed by atoms with van der Waals surface area (Å²) in [5.41, 5.74) is 2.25. The number of esters is 1. The Balaban J connectivity index is 1.99. The minimum Gasteiger partial charge on any atom is -0.462 e. The van der Waals surface area contributed by atoms with E-state index in [-0.39, 0.29) is 5.97 Å². The smallest absolute Gasteiger partial charge is 0.340 e. The van der Waals surface area contributed by atoms with Gasteiger partial charge in [-0.15, -0.1) is 10.2 Å². The average Bonchev–Trinajstić information content (AvgIpc) is 3.10. The van der Waals surface area contributed by atoms with Gasteiger partial charge in [0.05, 0.1) is 31.1 Å². The average molecular weight is 302 g/mol. The third-order valence-corrected chi connectivity index (χ3v) is 3.54. The lowest BCUT2D eigenvalue weighted by Gasteiger charge is -2.30. The van der Waals surface area contributed by atoms with Gasteiger partial charge in [0.1, 0.15) is 12.7 Å². The fourth-order valence-corrected chi connectivity index (χ4v) is 2.47. The first-order valence-corrected chi connectivity index (χ1v) is 7.28. The predicted molar refractivity (Wildman–Crippen MR) is 80.3 cm³/mol. The highest BCUT2D eigenvalue weighted by atomic mass is 16.5. The second-order valence-corrected chi connectivity index (χ2v) is 4.89. The number of nitrogens with zero attached hydrogens (tertiary/aromatic N) is 4. The molecule has 0 aliphatic carbocycles. The number of hydrogen-bond acceptors (Lipinski definition) is 6.